The highest BCUT2D eigenvalue weighted by Crippen LogP contribution is 2.34. The first kappa shape index (κ1) is 16.2. The summed E-state index contributed by atoms with van der Waals surface area (Å²) < 4.78 is 11.2. The summed E-state index contributed by atoms with van der Waals surface area (Å²) in [5.74, 6) is 0.494. The fourth-order valence-electron chi connectivity index (χ4n) is 2.09. The maximum Gasteiger partial charge on any atom is 0.265 e. The Labute approximate surface area is 132 Å². The zero-order chi connectivity index (χ0) is 15.2. The van der Waals surface area contributed by atoms with E-state index in [9.17, 15) is 9.90 Å². The molecule has 0 fully saturated rings. The third-order valence-electron chi connectivity index (χ3n) is 3.12. The summed E-state index contributed by atoms with van der Waals surface area (Å²) in [7, 11) is 1.62. The molecule has 0 spiro atoms. The van der Waals surface area contributed by atoms with Crippen molar-refractivity contribution in [2.24, 2.45) is 0 Å². The number of hydrogen-bond acceptors (Lipinski definition) is 5. The van der Waals surface area contributed by atoms with Crippen molar-refractivity contribution in [1.82, 2.24) is 5.32 Å². The van der Waals surface area contributed by atoms with Crippen molar-refractivity contribution < 1.29 is 19.4 Å². The van der Waals surface area contributed by atoms with Crippen LogP contribution in [-0.2, 0) is 9.53 Å². The summed E-state index contributed by atoms with van der Waals surface area (Å²) in [6.07, 6.45) is -0.657. The van der Waals surface area contributed by atoms with Gasteiger partial charge in [0.1, 0.15) is 5.75 Å². The van der Waals surface area contributed by atoms with Gasteiger partial charge in [-0.3, -0.25) is 4.79 Å². The van der Waals surface area contributed by atoms with E-state index in [4.69, 9.17) is 9.47 Å². The van der Waals surface area contributed by atoms with E-state index in [1.165, 1.54) is 0 Å². The van der Waals surface area contributed by atoms with Crippen LogP contribution in [-0.4, -0.2) is 57.1 Å². The number of methoxy groups -OCH3 is 1. The summed E-state index contributed by atoms with van der Waals surface area (Å²) in [5.41, 5.74) is 0.677. The van der Waals surface area contributed by atoms with E-state index >= 15 is 0 Å². The SMILES string of the molecule is COCCNCC(O)CN1C(=O)COc2ccc(Br)cc21. The third kappa shape index (κ3) is 4.41. The van der Waals surface area contributed by atoms with Crippen molar-refractivity contribution in [2.75, 3.05) is 44.9 Å². The number of β-amino-alcohol motifs (C(OH)–C–C–N with tert-alkyl or cyclic N) is 1. The number of hydrogen-bond donors (Lipinski definition) is 2. The Morgan fingerprint density at radius 2 is 2.38 bits per heavy atom. The molecule has 2 N–H and O–H groups in total. The van der Waals surface area contributed by atoms with Gasteiger partial charge in [-0.05, 0) is 18.2 Å². The van der Waals surface area contributed by atoms with Crippen molar-refractivity contribution in [3.05, 3.63) is 22.7 Å². The first-order valence-corrected chi connectivity index (χ1v) is 7.51. The Morgan fingerprint density at radius 1 is 1.57 bits per heavy atom. The van der Waals surface area contributed by atoms with Crippen LogP contribution in [0.4, 0.5) is 5.69 Å². The third-order valence-corrected chi connectivity index (χ3v) is 3.61. The standard InChI is InChI=1S/C14H19BrN2O4/c1-20-5-4-16-7-11(18)8-17-12-6-10(15)2-3-13(12)21-9-14(17)19/h2-3,6,11,16,18H,4-5,7-9H2,1H3. The molecular weight excluding hydrogens is 340 g/mol. The first-order chi connectivity index (χ1) is 10.1. The minimum Gasteiger partial charge on any atom is -0.482 e. The fourth-order valence-corrected chi connectivity index (χ4v) is 2.44. The Balaban J connectivity index is 1.99. The first-order valence-electron chi connectivity index (χ1n) is 6.72. The average molecular weight is 359 g/mol. The molecule has 2 rings (SSSR count). The zero-order valence-corrected chi connectivity index (χ0v) is 13.4. The summed E-state index contributed by atoms with van der Waals surface area (Å²) in [6.45, 7) is 1.87. The largest absolute Gasteiger partial charge is 0.482 e. The molecule has 116 valence electrons. The molecule has 0 saturated heterocycles. The maximum atomic E-state index is 12.0. The maximum absolute atomic E-state index is 12.0. The Morgan fingerprint density at radius 3 is 3.14 bits per heavy atom. The second kappa shape index (κ2) is 7.74. The van der Waals surface area contributed by atoms with E-state index in [0.29, 0.717) is 31.1 Å². The lowest BCUT2D eigenvalue weighted by Gasteiger charge is -2.31. The number of fused-ring (bicyclic) bond motifs is 1. The second-order valence-corrected chi connectivity index (χ2v) is 5.67. The Hall–Kier alpha value is -1.15. The lowest BCUT2D eigenvalue weighted by molar-refractivity contribution is -0.121. The molecule has 1 atom stereocenters. The smallest absolute Gasteiger partial charge is 0.265 e. The van der Waals surface area contributed by atoms with Crippen molar-refractivity contribution in [3.63, 3.8) is 0 Å². The highest BCUT2D eigenvalue weighted by atomic mass is 79.9. The Bertz CT molecular complexity index is 498. The van der Waals surface area contributed by atoms with Crippen LogP contribution in [0, 0.1) is 0 Å². The van der Waals surface area contributed by atoms with E-state index < -0.39 is 6.10 Å². The molecule has 0 aliphatic carbocycles. The predicted octanol–water partition coefficient (Wildman–Crippen LogP) is 0.771. The molecule has 1 aromatic carbocycles. The molecule has 0 bridgehead atoms. The molecule has 6 nitrogen and oxygen atoms in total. The molecule has 0 radical (unpaired) electrons. The van der Waals surface area contributed by atoms with Crippen molar-refractivity contribution in [2.45, 2.75) is 6.10 Å². The van der Waals surface area contributed by atoms with E-state index in [-0.39, 0.29) is 19.1 Å². The molecule has 1 aromatic rings. The van der Waals surface area contributed by atoms with E-state index in [2.05, 4.69) is 21.2 Å². The molecule has 0 saturated carbocycles. The number of benzene rings is 1. The number of amides is 1. The van der Waals surface area contributed by atoms with Crippen LogP contribution in [0.25, 0.3) is 0 Å². The van der Waals surface area contributed by atoms with Gasteiger partial charge in [0.15, 0.2) is 6.61 Å². The van der Waals surface area contributed by atoms with Crippen molar-refractivity contribution >= 4 is 27.5 Å². The van der Waals surface area contributed by atoms with E-state index in [1.807, 2.05) is 18.2 Å². The number of aliphatic hydroxyl groups is 1. The van der Waals surface area contributed by atoms with Gasteiger partial charge in [-0.15, -0.1) is 0 Å². The van der Waals surface area contributed by atoms with Crippen LogP contribution in [0.1, 0.15) is 0 Å². The summed E-state index contributed by atoms with van der Waals surface area (Å²) in [6, 6.07) is 5.48. The number of carbonyl (C=O) groups excluding carboxylic acids is 1. The van der Waals surface area contributed by atoms with Crippen LogP contribution in [0.5, 0.6) is 5.75 Å². The topological polar surface area (TPSA) is 71.0 Å². The molecule has 1 heterocycles. The van der Waals surface area contributed by atoms with E-state index in [1.54, 1.807) is 12.0 Å². The second-order valence-electron chi connectivity index (χ2n) is 4.76. The zero-order valence-electron chi connectivity index (χ0n) is 11.8. The van der Waals surface area contributed by atoms with Crippen LogP contribution in [0.3, 0.4) is 0 Å². The summed E-state index contributed by atoms with van der Waals surface area (Å²) in [5, 5.41) is 13.1. The monoisotopic (exact) mass is 358 g/mol. The molecule has 7 heteroatoms. The summed E-state index contributed by atoms with van der Waals surface area (Å²) >= 11 is 3.38. The highest BCUT2D eigenvalue weighted by molar-refractivity contribution is 9.10. The van der Waals surface area contributed by atoms with Crippen molar-refractivity contribution in [3.8, 4) is 5.75 Å². The Kier molecular flexibility index (Phi) is 5.98. The number of halogens is 1. The molecule has 1 unspecified atom stereocenters. The van der Waals surface area contributed by atoms with Gasteiger partial charge < -0.3 is 24.8 Å². The van der Waals surface area contributed by atoms with Gasteiger partial charge in [-0.25, -0.2) is 0 Å². The lowest BCUT2D eigenvalue weighted by atomic mass is 10.2. The van der Waals surface area contributed by atoms with Crippen LogP contribution < -0.4 is 15.0 Å². The fraction of sp³-hybridized carbons (Fsp3) is 0.500. The molecule has 1 aliphatic rings. The van der Waals surface area contributed by atoms with Gasteiger partial charge in [-0.1, -0.05) is 15.9 Å². The predicted molar refractivity (Wildman–Crippen MR) is 82.7 cm³/mol. The number of ether oxygens (including phenoxy) is 2. The molecule has 1 aliphatic heterocycles. The number of rotatable bonds is 7. The number of nitrogens with one attached hydrogen (secondary N) is 1. The number of carbonyl (C=O) groups is 1. The molecule has 21 heavy (non-hydrogen) atoms. The minimum atomic E-state index is -0.657. The van der Waals surface area contributed by atoms with Crippen LogP contribution in [0.2, 0.25) is 0 Å². The van der Waals surface area contributed by atoms with Crippen molar-refractivity contribution in [1.29, 1.82) is 0 Å². The quantitative estimate of drug-likeness (QED) is 0.704. The van der Waals surface area contributed by atoms with Gasteiger partial charge in [0.2, 0.25) is 0 Å². The average Bonchev–Trinajstić information content (AvgIpc) is 2.47. The number of anilines is 1. The molecular formula is C14H19BrN2O4. The van der Waals surface area contributed by atoms with Gasteiger partial charge in [0.25, 0.3) is 5.91 Å². The highest BCUT2D eigenvalue weighted by Gasteiger charge is 2.27. The summed E-state index contributed by atoms with van der Waals surface area (Å²) in [4.78, 5) is 13.6. The van der Waals surface area contributed by atoms with Gasteiger partial charge in [0.05, 0.1) is 24.9 Å². The molecule has 1 amide bonds. The van der Waals surface area contributed by atoms with Crippen LogP contribution >= 0.6 is 15.9 Å². The molecule has 0 aromatic heterocycles. The number of nitrogens with zero attached hydrogens (tertiary/aromatic N) is 1. The normalized spacial score (nSPS) is 15.6. The van der Waals surface area contributed by atoms with Gasteiger partial charge >= 0.3 is 0 Å². The minimum absolute atomic E-state index is 0.00153. The lowest BCUT2D eigenvalue weighted by Crippen LogP contribution is -2.45. The van der Waals surface area contributed by atoms with Crippen LogP contribution in [0.15, 0.2) is 22.7 Å². The van der Waals surface area contributed by atoms with E-state index in [0.717, 1.165) is 4.47 Å². The van der Waals surface area contributed by atoms with Gasteiger partial charge in [-0.2, -0.15) is 0 Å². The number of aliphatic hydroxyl groups excluding tert-OH is 1. The van der Waals surface area contributed by atoms with Gasteiger partial charge in [0, 0.05) is 24.7 Å².